The molecule has 3 aromatic rings. The van der Waals surface area contributed by atoms with Gasteiger partial charge >= 0.3 is 6.09 Å². The van der Waals surface area contributed by atoms with E-state index in [0.717, 1.165) is 54.7 Å². The highest BCUT2D eigenvalue weighted by Crippen LogP contribution is 2.34. The van der Waals surface area contributed by atoms with Gasteiger partial charge in [0.25, 0.3) is 0 Å². The first kappa shape index (κ1) is 36.5. The zero-order valence-corrected chi connectivity index (χ0v) is 30.0. The summed E-state index contributed by atoms with van der Waals surface area (Å²) < 4.78 is 17.4. The first-order chi connectivity index (χ1) is 24.8. The summed E-state index contributed by atoms with van der Waals surface area (Å²) in [6, 6.07) is 27.5. The van der Waals surface area contributed by atoms with Gasteiger partial charge < -0.3 is 29.3 Å². The van der Waals surface area contributed by atoms with Crippen LogP contribution in [0, 0.1) is 5.92 Å². The normalized spacial score (nSPS) is 20.5. The maximum atomic E-state index is 13.6. The fraction of sp³-hybridized carbons (Fsp3) is 0.488. The fourth-order valence-electron chi connectivity index (χ4n) is 7.57. The van der Waals surface area contributed by atoms with Crippen LogP contribution in [0.25, 0.3) is 0 Å². The van der Waals surface area contributed by atoms with Crippen LogP contribution < -0.4 is 5.32 Å². The number of fused-ring (bicyclic) bond motifs is 3. The van der Waals surface area contributed by atoms with Gasteiger partial charge in [-0.3, -0.25) is 14.5 Å². The van der Waals surface area contributed by atoms with Crippen LogP contribution in [-0.2, 0) is 48.7 Å². The molecular formula is C41H52N4O6. The van der Waals surface area contributed by atoms with E-state index in [1.165, 1.54) is 0 Å². The average molecular weight is 697 g/mol. The first-order valence-electron chi connectivity index (χ1n) is 18.5. The van der Waals surface area contributed by atoms with Crippen molar-refractivity contribution in [1.29, 1.82) is 0 Å². The number of benzene rings is 3. The topological polar surface area (TPSA) is 101 Å². The van der Waals surface area contributed by atoms with Crippen LogP contribution in [0.4, 0.5) is 4.79 Å². The number of nitrogens with zero attached hydrogens (tertiary/aromatic N) is 3. The number of hydrogen-bond donors (Lipinski definition) is 1. The summed E-state index contributed by atoms with van der Waals surface area (Å²) in [5, 5.41) is 3.16. The van der Waals surface area contributed by atoms with E-state index < -0.39 is 11.6 Å². The number of nitrogens with one attached hydrogen (secondary N) is 1. The molecule has 1 atom stereocenters. The Morgan fingerprint density at radius 1 is 0.824 bits per heavy atom. The third-order valence-electron chi connectivity index (χ3n) is 10.4. The fourth-order valence-corrected chi connectivity index (χ4v) is 7.57. The Labute approximate surface area is 302 Å². The molecule has 3 aromatic carbocycles. The molecule has 1 N–H and O–H groups in total. The van der Waals surface area contributed by atoms with Crippen LogP contribution in [0.15, 0.2) is 84.9 Å². The lowest BCUT2D eigenvalue weighted by Gasteiger charge is -2.51. The molecule has 10 heteroatoms. The number of hydrogen-bond acceptors (Lipinski definition) is 7. The first-order valence-corrected chi connectivity index (χ1v) is 18.5. The largest absolute Gasteiger partial charge is 0.445 e. The number of carbonyl (C=O) groups is 3. The second-order valence-corrected chi connectivity index (χ2v) is 14.0. The van der Waals surface area contributed by atoms with E-state index in [4.69, 9.17) is 14.2 Å². The molecular weight excluding hydrogens is 644 g/mol. The van der Waals surface area contributed by atoms with Crippen molar-refractivity contribution >= 4 is 17.9 Å². The number of likely N-dealkylation sites (tertiary alicyclic amines) is 1. The van der Waals surface area contributed by atoms with E-state index >= 15 is 0 Å². The van der Waals surface area contributed by atoms with Crippen molar-refractivity contribution in [3.8, 4) is 0 Å². The molecule has 0 spiro atoms. The molecule has 0 saturated carbocycles. The minimum absolute atomic E-state index is 0.00914. The summed E-state index contributed by atoms with van der Waals surface area (Å²) in [5.41, 5.74) is 3.09. The van der Waals surface area contributed by atoms with Crippen LogP contribution in [-0.4, -0.2) is 97.5 Å². The Morgan fingerprint density at radius 2 is 1.43 bits per heavy atom. The highest BCUT2D eigenvalue weighted by Gasteiger charge is 2.48. The monoisotopic (exact) mass is 696 g/mol. The van der Waals surface area contributed by atoms with Gasteiger partial charge in [-0.1, -0.05) is 84.9 Å². The summed E-state index contributed by atoms with van der Waals surface area (Å²) in [5.74, 6) is 0.432. The van der Waals surface area contributed by atoms with Crippen molar-refractivity contribution in [2.75, 3.05) is 52.5 Å². The minimum Gasteiger partial charge on any atom is -0.445 e. The average Bonchev–Trinajstić information content (AvgIpc) is 3.13. The molecule has 4 heterocycles. The van der Waals surface area contributed by atoms with Gasteiger partial charge in [-0.05, 0) is 68.0 Å². The van der Waals surface area contributed by atoms with E-state index in [1.54, 1.807) is 4.90 Å². The Balaban J connectivity index is 1.03. The van der Waals surface area contributed by atoms with Crippen molar-refractivity contribution < 1.29 is 28.6 Å². The lowest BCUT2D eigenvalue weighted by Crippen LogP contribution is -2.69. The van der Waals surface area contributed by atoms with Crippen molar-refractivity contribution in [3.63, 3.8) is 0 Å². The van der Waals surface area contributed by atoms with E-state index in [2.05, 4.69) is 10.2 Å². The van der Waals surface area contributed by atoms with Crippen LogP contribution in [0.1, 0.15) is 55.4 Å². The van der Waals surface area contributed by atoms with Gasteiger partial charge in [0, 0.05) is 52.4 Å². The van der Waals surface area contributed by atoms with E-state index in [9.17, 15) is 14.4 Å². The van der Waals surface area contributed by atoms with Crippen LogP contribution >= 0.6 is 0 Å². The van der Waals surface area contributed by atoms with Crippen molar-refractivity contribution in [2.45, 2.75) is 70.4 Å². The summed E-state index contributed by atoms with van der Waals surface area (Å²) in [6.45, 7) is 9.69. The molecule has 2 bridgehead atoms. The van der Waals surface area contributed by atoms with E-state index in [0.29, 0.717) is 51.7 Å². The smallest absolute Gasteiger partial charge is 0.408 e. The molecule has 3 amide bonds. The molecule has 4 saturated heterocycles. The lowest BCUT2D eigenvalue weighted by atomic mass is 9.82. The molecule has 4 aliphatic rings. The number of rotatable bonds is 16. The Kier molecular flexibility index (Phi) is 12.4. The standard InChI is InChI=1S/C41H52N4O6/c1-3-49-39(50-4-2)21-24-44(27-33-11-7-5-8-12-33)37(46)25-31-15-17-32(18-16-31)26-38(47)45-29-41(30-45,35-13-9-6-10-14-35)42-40(48)51-36-28-43-22-19-34(36)20-23-43/h5-18,34,36,39H,3-4,19-30H2,1-2H3,(H,42,48)/t36-/m0/s1. The van der Waals surface area contributed by atoms with Crippen molar-refractivity contribution in [1.82, 2.24) is 20.0 Å². The van der Waals surface area contributed by atoms with Gasteiger partial charge in [-0.15, -0.1) is 0 Å². The molecule has 4 aliphatic heterocycles. The lowest BCUT2D eigenvalue weighted by molar-refractivity contribution is -0.146. The molecule has 10 nitrogen and oxygen atoms in total. The maximum Gasteiger partial charge on any atom is 0.408 e. The van der Waals surface area contributed by atoms with Crippen LogP contribution in [0.5, 0.6) is 0 Å². The predicted molar refractivity (Wildman–Crippen MR) is 195 cm³/mol. The molecule has 0 unspecified atom stereocenters. The van der Waals surface area contributed by atoms with Crippen LogP contribution in [0.3, 0.4) is 0 Å². The molecule has 0 aliphatic carbocycles. The highest BCUT2D eigenvalue weighted by molar-refractivity contribution is 5.81. The van der Waals surface area contributed by atoms with Crippen molar-refractivity contribution in [3.05, 3.63) is 107 Å². The van der Waals surface area contributed by atoms with Gasteiger partial charge in [-0.25, -0.2) is 4.79 Å². The maximum absolute atomic E-state index is 13.6. The van der Waals surface area contributed by atoms with E-state index in [-0.39, 0.29) is 37.0 Å². The number of piperidine rings is 3. The van der Waals surface area contributed by atoms with Crippen molar-refractivity contribution in [2.24, 2.45) is 5.92 Å². The number of ether oxygens (including phenoxy) is 3. The second kappa shape index (κ2) is 17.3. The van der Waals surface area contributed by atoms with Gasteiger partial charge in [0.15, 0.2) is 6.29 Å². The SMILES string of the molecule is CCOC(CCN(Cc1ccccc1)C(=O)Cc1ccc(CC(=O)N2CC(NC(=O)O[C@H]3CN4CCC3CC4)(c3ccccc3)C2)cc1)OCC. The van der Waals surface area contributed by atoms with Gasteiger partial charge in [0.1, 0.15) is 11.6 Å². The number of carbonyl (C=O) groups excluding carboxylic acids is 3. The van der Waals surface area contributed by atoms with Crippen LogP contribution in [0.2, 0.25) is 0 Å². The van der Waals surface area contributed by atoms with Gasteiger partial charge in [0.05, 0.1) is 12.8 Å². The predicted octanol–water partition coefficient (Wildman–Crippen LogP) is 5.15. The molecule has 4 fully saturated rings. The highest BCUT2D eigenvalue weighted by atomic mass is 16.7. The summed E-state index contributed by atoms with van der Waals surface area (Å²) >= 11 is 0. The zero-order chi connectivity index (χ0) is 35.6. The Bertz CT molecular complexity index is 1570. The Hall–Kier alpha value is -4.25. The second-order valence-electron chi connectivity index (χ2n) is 14.0. The third-order valence-corrected chi connectivity index (χ3v) is 10.4. The third kappa shape index (κ3) is 9.55. The van der Waals surface area contributed by atoms with Gasteiger partial charge in [0.2, 0.25) is 11.8 Å². The summed E-state index contributed by atoms with van der Waals surface area (Å²) in [7, 11) is 0. The summed E-state index contributed by atoms with van der Waals surface area (Å²) in [4.78, 5) is 46.3. The molecule has 272 valence electrons. The van der Waals surface area contributed by atoms with E-state index in [1.807, 2.05) is 104 Å². The quantitative estimate of drug-likeness (QED) is 0.207. The molecule has 51 heavy (non-hydrogen) atoms. The number of amides is 3. The Morgan fingerprint density at radius 3 is 2.02 bits per heavy atom. The molecule has 0 aromatic heterocycles. The minimum atomic E-state index is -0.691. The molecule has 7 rings (SSSR count). The molecule has 0 radical (unpaired) electrons. The zero-order valence-electron chi connectivity index (χ0n) is 30.0. The summed E-state index contributed by atoms with van der Waals surface area (Å²) in [6.07, 6.45) is 2.35. The van der Waals surface area contributed by atoms with Gasteiger partial charge in [-0.2, -0.15) is 0 Å². The number of alkyl carbamates (subject to hydrolysis) is 1.